The molecule has 116 valence electrons. The molecule has 0 aromatic heterocycles. The van der Waals surface area contributed by atoms with Crippen LogP contribution < -0.4 is 5.32 Å². The summed E-state index contributed by atoms with van der Waals surface area (Å²) in [7, 11) is 1.37. The summed E-state index contributed by atoms with van der Waals surface area (Å²) in [4.78, 5) is 23.8. The van der Waals surface area contributed by atoms with Crippen LogP contribution in [-0.2, 0) is 9.53 Å². The second kappa shape index (κ2) is 10.1. The number of carbonyl (C=O) groups is 2. The summed E-state index contributed by atoms with van der Waals surface area (Å²) in [6.07, 6.45) is 4.03. The molecule has 1 aromatic rings. The van der Waals surface area contributed by atoms with E-state index in [2.05, 4.69) is 17.0 Å². The Kier molecular flexibility index (Phi) is 8.36. The predicted octanol–water partition coefficient (Wildman–Crippen LogP) is 2.97. The minimum Gasteiger partial charge on any atom is -0.469 e. The van der Waals surface area contributed by atoms with Gasteiger partial charge in [-0.2, -0.15) is 0 Å². The fourth-order valence-electron chi connectivity index (χ4n) is 2.15. The predicted molar refractivity (Wildman–Crippen MR) is 83.3 cm³/mol. The van der Waals surface area contributed by atoms with Crippen LogP contribution in [0.5, 0.6) is 0 Å². The van der Waals surface area contributed by atoms with Crippen molar-refractivity contribution in [3.05, 3.63) is 35.9 Å². The number of methoxy groups -OCH3 is 1. The van der Waals surface area contributed by atoms with Crippen LogP contribution in [0.3, 0.4) is 0 Å². The Morgan fingerprint density at radius 3 is 2.52 bits per heavy atom. The van der Waals surface area contributed by atoms with Crippen LogP contribution in [-0.4, -0.2) is 31.4 Å². The van der Waals surface area contributed by atoms with Crippen molar-refractivity contribution in [2.75, 3.05) is 13.7 Å². The summed E-state index contributed by atoms with van der Waals surface area (Å²) in [5.41, 5.74) is 0.676. The lowest BCUT2D eigenvalue weighted by molar-refractivity contribution is -0.140. The minimum atomic E-state index is -0.330. The molecule has 0 saturated carbocycles. The molecule has 0 aliphatic rings. The summed E-state index contributed by atoms with van der Waals surface area (Å²) < 4.78 is 4.65. The SMILES string of the molecule is CCCCCNC(CCC(=O)OC)C(=O)c1ccccc1. The first-order valence-corrected chi connectivity index (χ1v) is 7.58. The molecule has 0 amide bonds. The highest BCUT2D eigenvalue weighted by Crippen LogP contribution is 2.09. The van der Waals surface area contributed by atoms with Gasteiger partial charge in [0.1, 0.15) is 0 Å². The number of rotatable bonds is 10. The third-order valence-electron chi connectivity index (χ3n) is 3.41. The maximum absolute atomic E-state index is 12.5. The molecular formula is C17H25NO3. The average Bonchev–Trinajstić information content (AvgIpc) is 2.54. The van der Waals surface area contributed by atoms with Crippen LogP contribution >= 0.6 is 0 Å². The molecule has 1 N–H and O–H groups in total. The van der Waals surface area contributed by atoms with Gasteiger partial charge in [0.15, 0.2) is 5.78 Å². The van der Waals surface area contributed by atoms with E-state index >= 15 is 0 Å². The Labute approximate surface area is 126 Å². The lowest BCUT2D eigenvalue weighted by atomic mass is 10.00. The van der Waals surface area contributed by atoms with Crippen LogP contribution in [0.1, 0.15) is 49.4 Å². The Bertz CT molecular complexity index is 431. The zero-order valence-electron chi connectivity index (χ0n) is 12.9. The van der Waals surface area contributed by atoms with Crippen molar-refractivity contribution < 1.29 is 14.3 Å². The van der Waals surface area contributed by atoms with Crippen molar-refractivity contribution in [2.45, 2.75) is 45.1 Å². The van der Waals surface area contributed by atoms with Gasteiger partial charge in [-0.25, -0.2) is 0 Å². The number of benzene rings is 1. The van der Waals surface area contributed by atoms with Gasteiger partial charge in [0.25, 0.3) is 0 Å². The van der Waals surface area contributed by atoms with Crippen molar-refractivity contribution in [1.82, 2.24) is 5.32 Å². The molecule has 21 heavy (non-hydrogen) atoms. The van der Waals surface area contributed by atoms with Crippen molar-refractivity contribution >= 4 is 11.8 Å². The molecule has 1 rings (SSSR count). The molecule has 4 nitrogen and oxygen atoms in total. The molecule has 0 radical (unpaired) electrons. The Morgan fingerprint density at radius 1 is 1.19 bits per heavy atom. The van der Waals surface area contributed by atoms with Crippen LogP contribution in [0.2, 0.25) is 0 Å². The number of hydrogen-bond acceptors (Lipinski definition) is 4. The van der Waals surface area contributed by atoms with Gasteiger partial charge in [-0.3, -0.25) is 9.59 Å². The van der Waals surface area contributed by atoms with Gasteiger partial charge in [-0.1, -0.05) is 50.1 Å². The monoisotopic (exact) mass is 291 g/mol. The van der Waals surface area contributed by atoms with Crippen molar-refractivity contribution in [1.29, 1.82) is 0 Å². The second-order valence-electron chi connectivity index (χ2n) is 5.06. The number of ketones is 1. The number of ether oxygens (including phenoxy) is 1. The maximum atomic E-state index is 12.5. The van der Waals surface area contributed by atoms with Crippen LogP contribution in [0.4, 0.5) is 0 Å². The van der Waals surface area contributed by atoms with Crippen LogP contribution in [0, 0.1) is 0 Å². The van der Waals surface area contributed by atoms with Gasteiger partial charge in [-0.05, 0) is 19.4 Å². The Hall–Kier alpha value is -1.68. The molecule has 0 saturated heterocycles. The highest BCUT2D eigenvalue weighted by molar-refractivity contribution is 6.00. The minimum absolute atomic E-state index is 0.0380. The summed E-state index contributed by atoms with van der Waals surface area (Å²) >= 11 is 0. The zero-order chi connectivity index (χ0) is 15.5. The summed E-state index contributed by atoms with van der Waals surface area (Å²) in [5.74, 6) is -0.243. The van der Waals surface area contributed by atoms with E-state index < -0.39 is 0 Å². The van der Waals surface area contributed by atoms with E-state index in [0.29, 0.717) is 12.0 Å². The highest BCUT2D eigenvalue weighted by Gasteiger charge is 2.20. The third-order valence-corrected chi connectivity index (χ3v) is 3.41. The molecule has 0 aliphatic carbocycles. The van der Waals surface area contributed by atoms with E-state index in [1.165, 1.54) is 7.11 Å². The van der Waals surface area contributed by atoms with Crippen LogP contribution in [0.15, 0.2) is 30.3 Å². The average molecular weight is 291 g/mol. The van der Waals surface area contributed by atoms with E-state index in [1.54, 1.807) is 12.1 Å². The Balaban J connectivity index is 2.61. The van der Waals surface area contributed by atoms with E-state index in [0.717, 1.165) is 25.8 Å². The summed E-state index contributed by atoms with van der Waals surface area (Å²) in [5, 5.41) is 3.27. The highest BCUT2D eigenvalue weighted by atomic mass is 16.5. The van der Waals surface area contributed by atoms with E-state index in [4.69, 9.17) is 0 Å². The summed E-state index contributed by atoms with van der Waals surface area (Å²) in [6, 6.07) is 8.86. The quantitative estimate of drug-likeness (QED) is 0.409. The Morgan fingerprint density at radius 2 is 1.90 bits per heavy atom. The van der Waals surface area contributed by atoms with Gasteiger partial charge in [0, 0.05) is 12.0 Å². The standard InChI is InChI=1S/C17H25NO3/c1-3-4-8-13-18-15(11-12-16(19)21-2)17(20)14-9-6-5-7-10-14/h5-7,9-10,15,18H,3-4,8,11-13H2,1-2H3. The number of hydrogen-bond donors (Lipinski definition) is 1. The number of Topliss-reactive ketones (excluding diaryl/α,β-unsaturated/α-hetero) is 1. The number of carbonyl (C=O) groups excluding carboxylic acids is 2. The van der Waals surface area contributed by atoms with E-state index in [9.17, 15) is 9.59 Å². The molecule has 1 unspecified atom stereocenters. The van der Waals surface area contributed by atoms with Crippen molar-refractivity contribution in [3.8, 4) is 0 Å². The molecular weight excluding hydrogens is 266 g/mol. The van der Waals surface area contributed by atoms with Gasteiger partial charge >= 0.3 is 5.97 Å². The first-order valence-electron chi connectivity index (χ1n) is 7.58. The molecule has 1 aromatic carbocycles. The van der Waals surface area contributed by atoms with Crippen molar-refractivity contribution in [2.24, 2.45) is 0 Å². The molecule has 0 aliphatic heterocycles. The molecule has 0 spiro atoms. The number of unbranched alkanes of at least 4 members (excludes halogenated alkanes) is 2. The molecule has 0 fully saturated rings. The third kappa shape index (κ3) is 6.54. The fraction of sp³-hybridized carbons (Fsp3) is 0.529. The van der Waals surface area contributed by atoms with Gasteiger partial charge in [-0.15, -0.1) is 0 Å². The molecule has 4 heteroatoms. The molecule has 0 bridgehead atoms. The molecule has 0 heterocycles. The smallest absolute Gasteiger partial charge is 0.305 e. The lowest BCUT2D eigenvalue weighted by Gasteiger charge is -2.17. The number of nitrogens with one attached hydrogen (secondary N) is 1. The fourth-order valence-corrected chi connectivity index (χ4v) is 2.15. The molecule has 1 atom stereocenters. The van der Waals surface area contributed by atoms with Crippen LogP contribution in [0.25, 0.3) is 0 Å². The summed E-state index contributed by atoms with van der Waals surface area (Å²) in [6.45, 7) is 2.93. The first-order chi connectivity index (χ1) is 10.2. The first kappa shape index (κ1) is 17.4. The second-order valence-corrected chi connectivity index (χ2v) is 5.06. The zero-order valence-corrected chi connectivity index (χ0v) is 12.9. The largest absolute Gasteiger partial charge is 0.469 e. The lowest BCUT2D eigenvalue weighted by Crippen LogP contribution is -2.38. The van der Waals surface area contributed by atoms with Gasteiger partial charge in [0.05, 0.1) is 13.2 Å². The normalized spacial score (nSPS) is 11.9. The van der Waals surface area contributed by atoms with Gasteiger partial charge < -0.3 is 10.1 Å². The van der Waals surface area contributed by atoms with E-state index in [-0.39, 0.29) is 24.2 Å². The van der Waals surface area contributed by atoms with Crippen molar-refractivity contribution in [3.63, 3.8) is 0 Å². The van der Waals surface area contributed by atoms with Gasteiger partial charge in [0.2, 0.25) is 0 Å². The van der Waals surface area contributed by atoms with E-state index in [1.807, 2.05) is 18.2 Å². The topological polar surface area (TPSA) is 55.4 Å². The number of esters is 1. The maximum Gasteiger partial charge on any atom is 0.305 e.